The highest BCUT2D eigenvalue weighted by molar-refractivity contribution is 5.85. The predicted molar refractivity (Wildman–Crippen MR) is 115 cm³/mol. The average molecular weight is 372 g/mol. The van der Waals surface area contributed by atoms with Gasteiger partial charge in [-0.15, -0.1) is 0 Å². The molecule has 27 heavy (non-hydrogen) atoms. The van der Waals surface area contributed by atoms with Crippen LogP contribution in [0.25, 0.3) is 10.9 Å². The highest BCUT2D eigenvalue weighted by Gasteiger charge is 2.08. The third kappa shape index (κ3) is 6.71. The zero-order valence-corrected chi connectivity index (χ0v) is 17.2. The first-order chi connectivity index (χ1) is 13.0. The van der Waals surface area contributed by atoms with Gasteiger partial charge < -0.3 is 20.3 Å². The normalized spacial score (nSPS) is 11.9. The highest BCUT2D eigenvalue weighted by atomic mass is 16.5. The molecule has 0 spiro atoms. The van der Waals surface area contributed by atoms with E-state index >= 15 is 0 Å². The summed E-state index contributed by atoms with van der Waals surface area (Å²) in [7, 11) is 5.81. The molecule has 2 N–H and O–H groups in total. The van der Waals surface area contributed by atoms with Crippen LogP contribution < -0.4 is 15.5 Å². The number of fused-ring (bicyclic) bond motifs is 1. The lowest BCUT2D eigenvalue weighted by Crippen LogP contribution is -2.37. The minimum absolute atomic E-state index is 0.578. The number of anilines is 1. The van der Waals surface area contributed by atoms with E-state index in [1.807, 2.05) is 31.1 Å². The number of pyridine rings is 1. The zero-order chi connectivity index (χ0) is 19.6. The van der Waals surface area contributed by atoms with E-state index in [-0.39, 0.29) is 0 Å². The molecule has 0 saturated heterocycles. The average Bonchev–Trinajstić information content (AvgIpc) is 2.66. The van der Waals surface area contributed by atoms with Crippen molar-refractivity contribution in [3.8, 4) is 0 Å². The number of para-hydroxylation sites is 1. The fourth-order valence-electron chi connectivity index (χ4n) is 2.71. The largest absolute Gasteiger partial charge is 0.381 e. The Morgan fingerprint density at radius 2 is 2.00 bits per heavy atom. The van der Waals surface area contributed by atoms with Crippen molar-refractivity contribution in [3.05, 3.63) is 35.9 Å². The van der Waals surface area contributed by atoms with Gasteiger partial charge >= 0.3 is 0 Å². The fraction of sp³-hybridized carbons (Fsp3) is 0.524. The van der Waals surface area contributed by atoms with Gasteiger partial charge in [0.05, 0.1) is 5.52 Å². The van der Waals surface area contributed by atoms with E-state index in [9.17, 15) is 0 Å². The number of ether oxygens (including phenoxy) is 1. The number of guanidine groups is 1. The summed E-state index contributed by atoms with van der Waals surface area (Å²) in [6.45, 7) is 7.42. The molecule has 0 atom stereocenters. The van der Waals surface area contributed by atoms with Crippen LogP contribution in [0.3, 0.4) is 0 Å². The van der Waals surface area contributed by atoms with Crippen LogP contribution in [-0.4, -0.2) is 51.8 Å². The maximum absolute atomic E-state index is 5.61. The number of rotatable bonds is 9. The summed E-state index contributed by atoms with van der Waals surface area (Å²) in [5, 5.41) is 7.91. The number of nitrogens with one attached hydrogen (secondary N) is 2. The standard InChI is InChI=1S/C21H33N5O/c1-16(2)15-27-12-8-11-23-21(22-3)24-14-17-13-20(26(4)5)25-19-10-7-6-9-18(17)19/h6-7,9-10,13,16H,8,11-12,14-15H2,1-5H3,(H2,22,23,24). The van der Waals surface area contributed by atoms with Crippen LogP contribution in [0.4, 0.5) is 5.82 Å². The Bertz CT molecular complexity index is 742. The molecular formula is C21H33N5O. The van der Waals surface area contributed by atoms with E-state index in [1.54, 1.807) is 7.05 Å². The molecule has 0 aliphatic carbocycles. The zero-order valence-electron chi connectivity index (χ0n) is 17.2. The Morgan fingerprint density at radius 1 is 1.22 bits per heavy atom. The minimum Gasteiger partial charge on any atom is -0.381 e. The lowest BCUT2D eigenvalue weighted by atomic mass is 10.1. The first-order valence-corrected chi connectivity index (χ1v) is 9.59. The third-order valence-electron chi connectivity index (χ3n) is 4.13. The van der Waals surface area contributed by atoms with E-state index in [1.165, 1.54) is 5.56 Å². The summed E-state index contributed by atoms with van der Waals surface area (Å²) in [6, 6.07) is 10.4. The van der Waals surface area contributed by atoms with Crippen molar-refractivity contribution in [1.82, 2.24) is 15.6 Å². The van der Waals surface area contributed by atoms with Gasteiger partial charge in [-0.2, -0.15) is 0 Å². The lowest BCUT2D eigenvalue weighted by molar-refractivity contribution is 0.108. The van der Waals surface area contributed by atoms with Gasteiger partial charge in [-0.05, 0) is 30.0 Å². The van der Waals surface area contributed by atoms with Gasteiger partial charge in [-0.25, -0.2) is 4.98 Å². The molecule has 0 amide bonds. The molecule has 6 heteroatoms. The summed E-state index contributed by atoms with van der Waals surface area (Å²) in [6.07, 6.45) is 0.955. The van der Waals surface area contributed by atoms with E-state index in [0.717, 1.165) is 48.9 Å². The number of benzene rings is 1. The van der Waals surface area contributed by atoms with Crippen LogP contribution in [0.5, 0.6) is 0 Å². The first kappa shape index (κ1) is 21.0. The molecule has 2 aromatic rings. The molecule has 0 unspecified atom stereocenters. The number of aliphatic imine (C=N–C) groups is 1. The molecule has 0 aliphatic heterocycles. The Labute approximate surface area is 163 Å². The van der Waals surface area contributed by atoms with Crippen molar-refractivity contribution in [1.29, 1.82) is 0 Å². The van der Waals surface area contributed by atoms with Gasteiger partial charge in [0.25, 0.3) is 0 Å². The van der Waals surface area contributed by atoms with Gasteiger partial charge in [0.1, 0.15) is 5.82 Å². The Kier molecular flexibility index (Phi) is 8.33. The van der Waals surface area contributed by atoms with Crippen molar-refractivity contribution >= 4 is 22.7 Å². The second-order valence-corrected chi connectivity index (χ2v) is 7.23. The molecule has 0 aliphatic rings. The Hall–Kier alpha value is -2.34. The number of hydrogen-bond acceptors (Lipinski definition) is 4. The van der Waals surface area contributed by atoms with Crippen LogP contribution in [0.2, 0.25) is 0 Å². The molecule has 0 bridgehead atoms. The highest BCUT2D eigenvalue weighted by Crippen LogP contribution is 2.21. The predicted octanol–water partition coefficient (Wildman–Crippen LogP) is 3.03. The topological polar surface area (TPSA) is 61.8 Å². The quantitative estimate of drug-likeness (QED) is 0.403. The number of nitrogens with zero attached hydrogens (tertiary/aromatic N) is 3. The van der Waals surface area contributed by atoms with Gasteiger partial charge in [0, 0.05) is 52.8 Å². The number of aromatic nitrogens is 1. The smallest absolute Gasteiger partial charge is 0.191 e. The van der Waals surface area contributed by atoms with Gasteiger partial charge in [0.15, 0.2) is 5.96 Å². The minimum atomic E-state index is 0.578. The first-order valence-electron chi connectivity index (χ1n) is 9.59. The number of hydrogen-bond donors (Lipinski definition) is 2. The summed E-state index contributed by atoms with van der Waals surface area (Å²) in [5.74, 6) is 2.33. The van der Waals surface area contributed by atoms with Crippen molar-refractivity contribution in [2.75, 3.05) is 45.8 Å². The maximum atomic E-state index is 5.61. The van der Waals surface area contributed by atoms with Gasteiger partial charge in [-0.1, -0.05) is 32.0 Å². The fourth-order valence-corrected chi connectivity index (χ4v) is 2.71. The lowest BCUT2D eigenvalue weighted by Gasteiger charge is -2.17. The molecule has 148 valence electrons. The van der Waals surface area contributed by atoms with Crippen molar-refractivity contribution in [3.63, 3.8) is 0 Å². The van der Waals surface area contributed by atoms with Crippen molar-refractivity contribution in [2.24, 2.45) is 10.9 Å². The third-order valence-corrected chi connectivity index (χ3v) is 4.13. The van der Waals surface area contributed by atoms with Crippen LogP contribution in [0.15, 0.2) is 35.3 Å². The van der Waals surface area contributed by atoms with Crippen LogP contribution in [0.1, 0.15) is 25.8 Å². The van der Waals surface area contributed by atoms with E-state index < -0.39 is 0 Å². The monoisotopic (exact) mass is 371 g/mol. The van der Waals surface area contributed by atoms with Crippen LogP contribution >= 0.6 is 0 Å². The summed E-state index contributed by atoms with van der Waals surface area (Å²) < 4.78 is 5.61. The molecular weight excluding hydrogens is 338 g/mol. The molecule has 1 aromatic heterocycles. The maximum Gasteiger partial charge on any atom is 0.191 e. The summed E-state index contributed by atoms with van der Waals surface area (Å²) >= 11 is 0. The van der Waals surface area contributed by atoms with Gasteiger partial charge in [-0.3, -0.25) is 4.99 Å². The SMILES string of the molecule is CN=C(NCCCOCC(C)C)NCc1cc(N(C)C)nc2ccccc12. The van der Waals surface area contributed by atoms with Crippen LogP contribution in [0, 0.1) is 5.92 Å². The molecule has 0 saturated carbocycles. The summed E-state index contributed by atoms with van der Waals surface area (Å²) in [5.41, 5.74) is 2.21. The van der Waals surface area contributed by atoms with E-state index in [2.05, 4.69) is 47.7 Å². The molecule has 1 heterocycles. The molecule has 1 aromatic carbocycles. The second-order valence-electron chi connectivity index (χ2n) is 7.23. The molecule has 0 radical (unpaired) electrons. The summed E-state index contributed by atoms with van der Waals surface area (Å²) in [4.78, 5) is 11.1. The Balaban J connectivity index is 1.92. The molecule has 6 nitrogen and oxygen atoms in total. The van der Waals surface area contributed by atoms with Crippen molar-refractivity contribution in [2.45, 2.75) is 26.8 Å². The van der Waals surface area contributed by atoms with Gasteiger partial charge in [0.2, 0.25) is 0 Å². The second kappa shape index (κ2) is 10.7. The molecule has 2 rings (SSSR count). The van der Waals surface area contributed by atoms with E-state index in [4.69, 9.17) is 9.72 Å². The van der Waals surface area contributed by atoms with Crippen LogP contribution in [-0.2, 0) is 11.3 Å². The molecule has 0 fully saturated rings. The van der Waals surface area contributed by atoms with E-state index in [0.29, 0.717) is 12.5 Å². The Morgan fingerprint density at radius 3 is 2.70 bits per heavy atom. The van der Waals surface area contributed by atoms with Crippen molar-refractivity contribution < 1.29 is 4.74 Å².